The second kappa shape index (κ2) is 51.2. The van der Waals surface area contributed by atoms with Crippen LogP contribution >= 0.6 is 0 Å². The molecule has 0 aliphatic rings. The lowest BCUT2D eigenvalue weighted by Crippen LogP contribution is -2.31. The fourth-order valence-electron chi connectivity index (χ4n) is 7.41. The molecule has 0 fully saturated rings. The SMILES string of the molecule is CCCCCCCCCCCCCCCCCCOC(COC(=O)NCCCCCC=O)OCCCCCCCCCCCCCCCCC.CNCCCC(C)(C)C. The van der Waals surface area contributed by atoms with E-state index in [0.717, 1.165) is 44.9 Å². The Bertz CT molecular complexity index is 804. The monoisotopic (exact) mass is 839 g/mol. The molecule has 0 aromatic rings. The second-order valence-electron chi connectivity index (χ2n) is 18.7. The molecule has 1 amide bonds. The Morgan fingerprint density at radius 2 is 0.847 bits per heavy atom. The molecule has 354 valence electrons. The van der Waals surface area contributed by atoms with Crippen LogP contribution < -0.4 is 10.6 Å². The van der Waals surface area contributed by atoms with Crippen LogP contribution in [0.25, 0.3) is 0 Å². The van der Waals surface area contributed by atoms with Crippen LogP contribution in [0.15, 0.2) is 0 Å². The summed E-state index contributed by atoms with van der Waals surface area (Å²) >= 11 is 0. The quantitative estimate of drug-likeness (QED) is 0.0361. The van der Waals surface area contributed by atoms with Gasteiger partial charge in [0.2, 0.25) is 0 Å². The van der Waals surface area contributed by atoms with E-state index >= 15 is 0 Å². The van der Waals surface area contributed by atoms with Crippen molar-refractivity contribution in [3.63, 3.8) is 0 Å². The molecule has 1 atom stereocenters. The van der Waals surface area contributed by atoms with Crippen molar-refractivity contribution < 1.29 is 23.8 Å². The van der Waals surface area contributed by atoms with Crippen LogP contribution in [0.4, 0.5) is 4.79 Å². The molecule has 7 nitrogen and oxygen atoms in total. The fourth-order valence-corrected chi connectivity index (χ4v) is 7.41. The first-order valence-electron chi connectivity index (χ1n) is 26.0. The van der Waals surface area contributed by atoms with E-state index in [-0.39, 0.29) is 6.61 Å². The second-order valence-corrected chi connectivity index (χ2v) is 18.7. The van der Waals surface area contributed by atoms with Crippen molar-refractivity contribution >= 4 is 12.4 Å². The lowest BCUT2D eigenvalue weighted by atomic mass is 9.91. The van der Waals surface area contributed by atoms with Crippen LogP contribution in [0.3, 0.4) is 0 Å². The largest absolute Gasteiger partial charge is 0.444 e. The van der Waals surface area contributed by atoms with Gasteiger partial charge in [0.05, 0.1) is 0 Å². The van der Waals surface area contributed by atoms with Gasteiger partial charge in [0, 0.05) is 26.2 Å². The predicted octanol–water partition coefficient (Wildman–Crippen LogP) is 16.0. The van der Waals surface area contributed by atoms with Gasteiger partial charge in [-0.1, -0.05) is 227 Å². The third-order valence-corrected chi connectivity index (χ3v) is 11.3. The van der Waals surface area contributed by atoms with Crippen molar-refractivity contribution in [2.75, 3.05) is 40.0 Å². The standard InChI is InChI=1S/C44H87NO5.C8H19N/c1-3-5-7-9-11-13-15-17-19-21-23-25-27-29-33-37-41-49-43(42-50-44(47)45-38-34-30-31-35-39-46)48-40-36-32-28-26-24-22-20-18-16-14-12-10-8-6-4-2;1-8(2,3)6-5-7-9-4/h39,43H,3-38,40-42H2,1-2H3,(H,45,47);9H,5-7H2,1-4H3. The summed E-state index contributed by atoms with van der Waals surface area (Å²) in [6.45, 7) is 14.5. The molecule has 0 bridgehead atoms. The number of carbonyl (C=O) groups excluding carboxylic acids is 2. The van der Waals surface area contributed by atoms with Crippen molar-refractivity contribution in [3.05, 3.63) is 0 Å². The van der Waals surface area contributed by atoms with E-state index in [0.29, 0.717) is 31.6 Å². The molecule has 0 spiro atoms. The Labute approximate surface area is 369 Å². The molecular weight excluding hydrogens is 733 g/mol. The van der Waals surface area contributed by atoms with Gasteiger partial charge in [-0.25, -0.2) is 4.79 Å². The van der Waals surface area contributed by atoms with Crippen molar-refractivity contribution in [1.82, 2.24) is 10.6 Å². The van der Waals surface area contributed by atoms with Gasteiger partial charge in [-0.3, -0.25) is 0 Å². The normalized spacial score (nSPS) is 12.0. The average Bonchev–Trinajstić information content (AvgIpc) is 3.21. The van der Waals surface area contributed by atoms with Crippen molar-refractivity contribution in [1.29, 1.82) is 0 Å². The number of nitrogens with one attached hydrogen (secondary N) is 2. The van der Waals surface area contributed by atoms with Crippen LogP contribution in [-0.4, -0.2) is 58.6 Å². The van der Waals surface area contributed by atoms with Crippen molar-refractivity contribution in [2.24, 2.45) is 5.41 Å². The van der Waals surface area contributed by atoms with Crippen LogP contribution in [0.2, 0.25) is 0 Å². The third-order valence-electron chi connectivity index (χ3n) is 11.3. The molecule has 0 saturated carbocycles. The molecule has 7 heteroatoms. The average molecular weight is 839 g/mol. The van der Waals surface area contributed by atoms with Gasteiger partial charge in [-0.15, -0.1) is 0 Å². The highest BCUT2D eigenvalue weighted by Crippen LogP contribution is 2.20. The smallest absolute Gasteiger partial charge is 0.407 e. The van der Waals surface area contributed by atoms with E-state index in [1.807, 2.05) is 7.05 Å². The van der Waals surface area contributed by atoms with Gasteiger partial charge in [-0.05, 0) is 57.5 Å². The summed E-state index contributed by atoms with van der Waals surface area (Å²) in [5, 5.41) is 5.94. The highest BCUT2D eigenvalue weighted by molar-refractivity contribution is 5.67. The van der Waals surface area contributed by atoms with Crippen molar-refractivity contribution in [3.8, 4) is 0 Å². The number of aldehydes is 1. The number of carbonyl (C=O) groups is 2. The maximum atomic E-state index is 12.2. The molecule has 0 heterocycles. The number of unbranched alkanes of at least 4 members (excludes halogenated alkanes) is 32. The van der Waals surface area contributed by atoms with Gasteiger partial charge in [0.1, 0.15) is 12.9 Å². The molecule has 0 aromatic carbocycles. The zero-order chi connectivity index (χ0) is 43.6. The van der Waals surface area contributed by atoms with Crippen LogP contribution in [-0.2, 0) is 19.0 Å². The lowest BCUT2D eigenvalue weighted by molar-refractivity contribution is -0.164. The van der Waals surface area contributed by atoms with Gasteiger partial charge in [-0.2, -0.15) is 0 Å². The number of ether oxygens (including phenoxy) is 3. The van der Waals surface area contributed by atoms with E-state index in [2.05, 4.69) is 45.3 Å². The molecule has 0 aliphatic heterocycles. The van der Waals surface area contributed by atoms with E-state index in [1.54, 1.807) is 0 Å². The van der Waals surface area contributed by atoms with Gasteiger partial charge in [0.15, 0.2) is 6.29 Å². The lowest BCUT2D eigenvalue weighted by Gasteiger charge is -2.19. The number of alkyl carbamates (subject to hydrolysis) is 1. The maximum Gasteiger partial charge on any atom is 0.407 e. The molecule has 2 N–H and O–H groups in total. The summed E-state index contributed by atoms with van der Waals surface area (Å²) in [4.78, 5) is 22.6. The summed E-state index contributed by atoms with van der Waals surface area (Å²) < 4.78 is 17.5. The fraction of sp³-hybridized carbons (Fsp3) is 0.962. The molecule has 59 heavy (non-hydrogen) atoms. The maximum absolute atomic E-state index is 12.2. The molecular formula is C52H106N2O5. The molecule has 0 aliphatic carbocycles. The van der Waals surface area contributed by atoms with Crippen molar-refractivity contribution in [2.45, 2.75) is 278 Å². The van der Waals surface area contributed by atoms with E-state index in [4.69, 9.17) is 14.2 Å². The first-order chi connectivity index (χ1) is 28.8. The summed E-state index contributed by atoms with van der Waals surface area (Å²) in [7, 11) is 2.00. The minimum absolute atomic E-state index is 0.120. The number of amides is 1. The topological polar surface area (TPSA) is 85.9 Å². The van der Waals surface area contributed by atoms with Crippen LogP contribution in [0.1, 0.15) is 272 Å². The zero-order valence-corrected chi connectivity index (χ0v) is 40.9. The minimum Gasteiger partial charge on any atom is -0.444 e. The predicted molar refractivity (Wildman–Crippen MR) is 257 cm³/mol. The number of hydrogen-bond donors (Lipinski definition) is 2. The van der Waals surface area contributed by atoms with E-state index < -0.39 is 12.4 Å². The molecule has 0 rings (SSSR count). The minimum atomic E-state index is -0.503. The third kappa shape index (κ3) is 56.8. The molecule has 1 unspecified atom stereocenters. The highest BCUT2D eigenvalue weighted by atomic mass is 16.7. The molecule has 0 aromatic heterocycles. The zero-order valence-electron chi connectivity index (χ0n) is 40.9. The van der Waals surface area contributed by atoms with Crippen LogP contribution in [0.5, 0.6) is 0 Å². The Balaban J connectivity index is 0. The summed E-state index contributed by atoms with van der Waals surface area (Å²) in [6.07, 6.45) is 47.6. The summed E-state index contributed by atoms with van der Waals surface area (Å²) in [6, 6.07) is 0. The summed E-state index contributed by atoms with van der Waals surface area (Å²) in [5.74, 6) is 0. The van der Waals surface area contributed by atoms with E-state index in [1.165, 1.54) is 199 Å². The van der Waals surface area contributed by atoms with E-state index in [9.17, 15) is 9.59 Å². The highest BCUT2D eigenvalue weighted by Gasteiger charge is 2.13. The Hall–Kier alpha value is -1.18. The van der Waals surface area contributed by atoms with Gasteiger partial charge in [0.25, 0.3) is 0 Å². The first kappa shape index (κ1) is 59.9. The molecule has 0 saturated heterocycles. The number of hydrogen-bond acceptors (Lipinski definition) is 6. The van der Waals surface area contributed by atoms with Gasteiger partial charge >= 0.3 is 6.09 Å². The van der Waals surface area contributed by atoms with Gasteiger partial charge < -0.3 is 29.6 Å². The Morgan fingerprint density at radius 1 is 0.492 bits per heavy atom. The molecule has 0 radical (unpaired) electrons. The van der Waals surface area contributed by atoms with Crippen LogP contribution in [0, 0.1) is 5.41 Å². The number of rotatable bonds is 46. The first-order valence-corrected chi connectivity index (χ1v) is 26.0. The summed E-state index contributed by atoms with van der Waals surface area (Å²) in [5.41, 5.74) is 0.511. The Kier molecular flexibility index (Phi) is 52.0. The Morgan fingerprint density at radius 3 is 1.19 bits per heavy atom.